The Kier molecular flexibility index (Phi) is 6.65. The van der Waals surface area contributed by atoms with E-state index in [1.54, 1.807) is 7.11 Å². The first-order valence-electron chi connectivity index (χ1n) is 8.97. The highest BCUT2D eigenvalue weighted by atomic mass is 35.5. The molecular formula is C20H24ClN3O3. The Hall–Kier alpha value is -2.60. The van der Waals surface area contributed by atoms with Crippen molar-refractivity contribution in [2.24, 2.45) is 0 Å². The maximum absolute atomic E-state index is 12.3. The molecule has 0 saturated carbocycles. The zero-order valence-corrected chi connectivity index (χ0v) is 16.1. The Morgan fingerprint density at radius 2 is 1.70 bits per heavy atom. The second-order valence-electron chi connectivity index (χ2n) is 6.16. The standard InChI is InChI=1S/C20H24ClN3O3/c1-26-18-8-4-5-9-19(18)27-15-10-22-20(25)24-13-11-23(12-14-24)17-7-3-2-6-16(17)21/h2-9H,10-15H2,1H3,(H,22,25). The summed E-state index contributed by atoms with van der Waals surface area (Å²) in [6, 6.07) is 15.2. The Morgan fingerprint density at radius 1 is 1.04 bits per heavy atom. The molecule has 0 atom stereocenters. The largest absolute Gasteiger partial charge is 0.493 e. The maximum Gasteiger partial charge on any atom is 0.317 e. The van der Waals surface area contributed by atoms with Crippen LogP contribution in [0.1, 0.15) is 0 Å². The van der Waals surface area contributed by atoms with Gasteiger partial charge in [-0.1, -0.05) is 35.9 Å². The number of benzene rings is 2. The zero-order chi connectivity index (χ0) is 19.1. The highest BCUT2D eigenvalue weighted by Crippen LogP contribution is 2.26. The predicted molar refractivity (Wildman–Crippen MR) is 107 cm³/mol. The number of anilines is 1. The van der Waals surface area contributed by atoms with Crippen molar-refractivity contribution in [1.29, 1.82) is 0 Å². The van der Waals surface area contributed by atoms with Crippen LogP contribution in [-0.2, 0) is 0 Å². The molecular weight excluding hydrogens is 366 g/mol. The molecule has 2 amide bonds. The first-order valence-corrected chi connectivity index (χ1v) is 9.35. The van der Waals surface area contributed by atoms with Crippen molar-refractivity contribution >= 4 is 23.3 Å². The van der Waals surface area contributed by atoms with Crippen molar-refractivity contribution in [3.8, 4) is 11.5 Å². The molecule has 7 heteroatoms. The molecule has 1 saturated heterocycles. The Balaban J connectivity index is 1.40. The summed E-state index contributed by atoms with van der Waals surface area (Å²) in [6.45, 7) is 3.64. The van der Waals surface area contributed by atoms with E-state index in [0.717, 1.165) is 23.8 Å². The molecule has 1 aliphatic heterocycles. The summed E-state index contributed by atoms with van der Waals surface area (Å²) in [5, 5.41) is 3.64. The number of amides is 2. The minimum absolute atomic E-state index is 0.0718. The van der Waals surface area contributed by atoms with Crippen LogP contribution >= 0.6 is 11.6 Å². The highest BCUT2D eigenvalue weighted by Gasteiger charge is 2.22. The third-order valence-corrected chi connectivity index (χ3v) is 4.78. The molecule has 1 N–H and O–H groups in total. The van der Waals surface area contributed by atoms with E-state index >= 15 is 0 Å². The van der Waals surface area contributed by atoms with Crippen LogP contribution in [0.3, 0.4) is 0 Å². The number of para-hydroxylation sites is 3. The summed E-state index contributed by atoms with van der Waals surface area (Å²) in [6.07, 6.45) is 0. The molecule has 6 nitrogen and oxygen atoms in total. The van der Waals surface area contributed by atoms with Crippen LogP contribution in [0.15, 0.2) is 48.5 Å². The average Bonchev–Trinajstić information content (AvgIpc) is 2.72. The molecule has 0 bridgehead atoms. The molecule has 3 rings (SSSR count). The quantitative estimate of drug-likeness (QED) is 0.770. The third-order valence-electron chi connectivity index (χ3n) is 4.46. The molecule has 144 valence electrons. The van der Waals surface area contributed by atoms with E-state index in [2.05, 4.69) is 10.2 Å². The van der Waals surface area contributed by atoms with E-state index in [4.69, 9.17) is 21.1 Å². The van der Waals surface area contributed by atoms with Gasteiger partial charge in [0.2, 0.25) is 0 Å². The SMILES string of the molecule is COc1ccccc1OCCNC(=O)N1CCN(c2ccccc2Cl)CC1. The molecule has 1 heterocycles. The number of carbonyl (C=O) groups excluding carboxylic acids is 1. The smallest absolute Gasteiger partial charge is 0.317 e. The minimum Gasteiger partial charge on any atom is -0.493 e. The first kappa shape index (κ1) is 19.2. The van der Waals surface area contributed by atoms with Gasteiger partial charge in [0, 0.05) is 26.2 Å². The number of halogens is 1. The number of hydrogen-bond donors (Lipinski definition) is 1. The summed E-state index contributed by atoms with van der Waals surface area (Å²) < 4.78 is 10.9. The van der Waals surface area contributed by atoms with Gasteiger partial charge in [-0.2, -0.15) is 0 Å². The fourth-order valence-electron chi connectivity index (χ4n) is 3.03. The molecule has 0 aromatic heterocycles. The number of methoxy groups -OCH3 is 1. The molecule has 2 aromatic rings. The Bertz CT molecular complexity index is 764. The molecule has 0 spiro atoms. The lowest BCUT2D eigenvalue weighted by Gasteiger charge is -2.36. The number of nitrogens with one attached hydrogen (secondary N) is 1. The van der Waals surface area contributed by atoms with Gasteiger partial charge in [-0.05, 0) is 24.3 Å². The van der Waals surface area contributed by atoms with Crippen LogP contribution in [0.25, 0.3) is 0 Å². The van der Waals surface area contributed by atoms with Crippen LogP contribution in [0.5, 0.6) is 11.5 Å². The average molecular weight is 390 g/mol. The Labute approximate surface area is 164 Å². The van der Waals surface area contributed by atoms with Crippen molar-refractivity contribution in [3.63, 3.8) is 0 Å². The summed E-state index contributed by atoms with van der Waals surface area (Å²) in [5.74, 6) is 1.35. The van der Waals surface area contributed by atoms with Gasteiger partial charge in [0.1, 0.15) is 6.61 Å². The number of carbonyl (C=O) groups is 1. The van der Waals surface area contributed by atoms with Gasteiger partial charge >= 0.3 is 6.03 Å². The zero-order valence-electron chi connectivity index (χ0n) is 15.4. The lowest BCUT2D eigenvalue weighted by molar-refractivity contribution is 0.191. The monoisotopic (exact) mass is 389 g/mol. The normalized spacial score (nSPS) is 14.0. The summed E-state index contributed by atoms with van der Waals surface area (Å²) in [4.78, 5) is 16.4. The number of rotatable bonds is 6. The van der Waals surface area contributed by atoms with Crippen molar-refractivity contribution in [2.45, 2.75) is 0 Å². The molecule has 2 aromatic carbocycles. The molecule has 1 fully saturated rings. The molecule has 0 radical (unpaired) electrons. The minimum atomic E-state index is -0.0718. The highest BCUT2D eigenvalue weighted by molar-refractivity contribution is 6.33. The second-order valence-corrected chi connectivity index (χ2v) is 6.56. The van der Waals surface area contributed by atoms with Crippen molar-refractivity contribution in [2.75, 3.05) is 51.3 Å². The molecule has 1 aliphatic rings. The first-order chi connectivity index (χ1) is 13.2. The van der Waals surface area contributed by atoms with Gasteiger partial charge in [-0.3, -0.25) is 0 Å². The van der Waals surface area contributed by atoms with Gasteiger partial charge < -0.3 is 24.6 Å². The van der Waals surface area contributed by atoms with Crippen LogP contribution in [0.2, 0.25) is 5.02 Å². The summed E-state index contributed by atoms with van der Waals surface area (Å²) in [7, 11) is 1.60. The van der Waals surface area contributed by atoms with Gasteiger partial charge in [0.25, 0.3) is 0 Å². The lowest BCUT2D eigenvalue weighted by atomic mass is 10.2. The fraction of sp³-hybridized carbons (Fsp3) is 0.350. The molecule has 27 heavy (non-hydrogen) atoms. The summed E-state index contributed by atoms with van der Waals surface area (Å²) in [5.41, 5.74) is 1.02. The topological polar surface area (TPSA) is 54.0 Å². The van der Waals surface area contributed by atoms with E-state index in [1.165, 1.54) is 0 Å². The molecule has 0 unspecified atom stereocenters. The number of piperazine rings is 1. The van der Waals surface area contributed by atoms with Crippen LogP contribution < -0.4 is 19.7 Å². The van der Waals surface area contributed by atoms with Gasteiger partial charge in [0.15, 0.2) is 11.5 Å². The van der Waals surface area contributed by atoms with E-state index in [9.17, 15) is 4.79 Å². The predicted octanol–water partition coefficient (Wildman–Crippen LogP) is 3.26. The van der Waals surface area contributed by atoms with Crippen LogP contribution in [0, 0.1) is 0 Å². The third kappa shape index (κ3) is 4.98. The second kappa shape index (κ2) is 9.37. The van der Waals surface area contributed by atoms with Crippen molar-refractivity contribution in [3.05, 3.63) is 53.6 Å². The lowest BCUT2D eigenvalue weighted by Crippen LogP contribution is -2.52. The van der Waals surface area contributed by atoms with E-state index < -0.39 is 0 Å². The number of ether oxygens (including phenoxy) is 2. The Morgan fingerprint density at radius 3 is 2.41 bits per heavy atom. The summed E-state index contributed by atoms with van der Waals surface area (Å²) >= 11 is 6.26. The van der Waals surface area contributed by atoms with Crippen molar-refractivity contribution in [1.82, 2.24) is 10.2 Å². The number of hydrogen-bond acceptors (Lipinski definition) is 4. The van der Waals surface area contributed by atoms with E-state index in [1.807, 2.05) is 53.4 Å². The number of urea groups is 1. The van der Waals surface area contributed by atoms with Crippen LogP contribution in [-0.4, -0.2) is 57.4 Å². The van der Waals surface area contributed by atoms with Gasteiger partial charge in [-0.25, -0.2) is 4.79 Å². The maximum atomic E-state index is 12.3. The van der Waals surface area contributed by atoms with E-state index in [-0.39, 0.29) is 6.03 Å². The fourth-order valence-corrected chi connectivity index (χ4v) is 3.28. The van der Waals surface area contributed by atoms with Crippen molar-refractivity contribution < 1.29 is 14.3 Å². The van der Waals surface area contributed by atoms with Gasteiger partial charge in [-0.15, -0.1) is 0 Å². The van der Waals surface area contributed by atoms with Gasteiger partial charge in [0.05, 0.1) is 24.4 Å². The molecule has 0 aliphatic carbocycles. The van der Waals surface area contributed by atoms with Crippen LogP contribution in [0.4, 0.5) is 10.5 Å². The number of nitrogens with zero attached hydrogens (tertiary/aromatic N) is 2. The van der Waals surface area contributed by atoms with E-state index in [0.29, 0.717) is 37.7 Å².